The molecule has 4 nitrogen and oxygen atoms in total. The highest BCUT2D eigenvalue weighted by atomic mass is 16.5. The van der Waals surface area contributed by atoms with Crippen molar-refractivity contribution in [3.63, 3.8) is 0 Å². The molecule has 0 saturated heterocycles. The molecule has 1 atom stereocenters. The molecule has 0 heterocycles. The highest BCUT2D eigenvalue weighted by Gasteiger charge is 2.14. The van der Waals surface area contributed by atoms with E-state index in [0.29, 0.717) is 0 Å². The van der Waals surface area contributed by atoms with Crippen molar-refractivity contribution in [2.45, 2.75) is 71.3 Å². The normalized spacial score (nSPS) is 12.1. The van der Waals surface area contributed by atoms with Gasteiger partial charge in [0.2, 0.25) is 0 Å². The molecule has 4 heteroatoms. The monoisotopic (exact) mass is 321 g/mol. The van der Waals surface area contributed by atoms with Gasteiger partial charge in [0.15, 0.2) is 5.78 Å². The molecule has 0 aliphatic rings. The van der Waals surface area contributed by atoms with E-state index in [2.05, 4.69) is 6.92 Å². The van der Waals surface area contributed by atoms with Gasteiger partial charge in [0.1, 0.15) is 11.8 Å². The molecule has 0 aliphatic heterocycles. The fourth-order valence-corrected chi connectivity index (χ4v) is 2.58. The van der Waals surface area contributed by atoms with Gasteiger partial charge >= 0.3 is 0 Å². The van der Waals surface area contributed by atoms with E-state index in [1.54, 1.807) is 12.1 Å². The number of unbranched alkanes of at least 4 members (excludes halogenated alkanes) is 7. The first-order valence-corrected chi connectivity index (χ1v) is 8.82. The number of rotatable bonds is 13. The smallest absolute Gasteiger partial charge is 0.153 e. The molecule has 1 rings (SSSR count). The van der Waals surface area contributed by atoms with E-state index >= 15 is 0 Å². The molecule has 0 radical (unpaired) electrons. The van der Waals surface area contributed by atoms with Gasteiger partial charge in [0.05, 0.1) is 6.61 Å². The van der Waals surface area contributed by atoms with Crippen LogP contribution in [0.4, 0.5) is 0 Å². The molecule has 0 aromatic heterocycles. The van der Waals surface area contributed by atoms with Gasteiger partial charge in [-0.15, -0.1) is 0 Å². The van der Waals surface area contributed by atoms with Crippen LogP contribution in [0.2, 0.25) is 0 Å². The van der Waals surface area contributed by atoms with Crippen molar-refractivity contribution in [1.82, 2.24) is 5.48 Å². The number of hydroxylamine groups is 1. The summed E-state index contributed by atoms with van der Waals surface area (Å²) in [6.45, 7) is 4.41. The Bertz CT molecular complexity index is 431. The van der Waals surface area contributed by atoms with Crippen molar-refractivity contribution < 1.29 is 14.7 Å². The molecule has 1 aromatic rings. The largest absolute Gasteiger partial charge is 0.494 e. The van der Waals surface area contributed by atoms with E-state index in [1.165, 1.54) is 51.9 Å². The number of carbonyl (C=O) groups is 1. The van der Waals surface area contributed by atoms with Crippen LogP contribution in [0, 0.1) is 0 Å². The summed E-state index contributed by atoms with van der Waals surface area (Å²) < 4.78 is 5.71. The van der Waals surface area contributed by atoms with Crippen LogP contribution >= 0.6 is 0 Å². The molecule has 0 aliphatic carbocycles. The highest BCUT2D eigenvalue weighted by molar-refractivity contribution is 5.82. The number of carbonyl (C=O) groups excluding carboxylic acids is 1. The third-order valence-electron chi connectivity index (χ3n) is 4.02. The van der Waals surface area contributed by atoms with Crippen LogP contribution in [-0.2, 0) is 4.79 Å². The number of benzene rings is 1. The van der Waals surface area contributed by atoms with E-state index in [1.807, 2.05) is 17.6 Å². The van der Waals surface area contributed by atoms with Gasteiger partial charge in [-0.1, -0.05) is 64.0 Å². The summed E-state index contributed by atoms with van der Waals surface area (Å²) in [5.41, 5.74) is 2.77. The summed E-state index contributed by atoms with van der Waals surface area (Å²) >= 11 is 0. The topological polar surface area (TPSA) is 58.6 Å². The van der Waals surface area contributed by atoms with Crippen LogP contribution in [0.1, 0.15) is 76.8 Å². The predicted molar refractivity (Wildman–Crippen MR) is 92.9 cm³/mol. The molecule has 0 amide bonds. The van der Waals surface area contributed by atoms with Gasteiger partial charge in [0.25, 0.3) is 0 Å². The molecule has 2 N–H and O–H groups in total. The number of hydrogen-bond acceptors (Lipinski definition) is 4. The SMILES string of the molecule is CCCCCCCCCCOc1ccc(C(NO)C(C)=O)cc1. The van der Waals surface area contributed by atoms with E-state index in [0.717, 1.165) is 24.3 Å². The molecule has 0 spiro atoms. The van der Waals surface area contributed by atoms with Crippen molar-refractivity contribution in [1.29, 1.82) is 0 Å². The molecule has 0 bridgehead atoms. The van der Waals surface area contributed by atoms with Crippen molar-refractivity contribution in [3.8, 4) is 5.75 Å². The fraction of sp³-hybridized carbons (Fsp3) is 0.632. The zero-order valence-corrected chi connectivity index (χ0v) is 14.5. The van der Waals surface area contributed by atoms with Crippen LogP contribution in [-0.4, -0.2) is 17.6 Å². The van der Waals surface area contributed by atoms with Gasteiger partial charge in [-0.05, 0) is 31.0 Å². The van der Waals surface area contributed by atoms with E-state index in [4.69, 9.17) is 9.94 Å². The van der Waals surface area contributed by atoms with Crippen LogP contribution in [0.15, 0.2) is 24.3 Å². The summed E-state index contributed by atoms with van der Waals surface area (Å²) in [7, 11) is 0. The second kappa shape index (κ2) is 12.1. The lowest BCUT2D eigenvalue weighted by molar-refractivity contribution is -0.121. The summed E-state index contributed by atoms with van der Waals surface area (Å²) in [5.74, 6) is 0.678. The van der Waals surface area contributed by atoms with Crippen molar-refractivity contribution in [3.05, 3.63) is 29.8 Å². The maximum Gasteiger partial charge on any atom is 0.153 e. The maximum absolute atomic E-state index is 11.4. The Balaban J connectivity index is 2.17. The van der Waals surface area contributed by atoms with Crippen LogP contribution in [0.5, 0.6) is 5.75 Å². The lowest BCUT2D eigenvalue weighted by Crippen LogP contribution is -2.23. The first kappa shape index (κ1) is 19.7. The van der Waals surface area contributed by atoms with Crippen molar-refractivity contribution in [2.24, 2.45) is 0 Å². The molecule has 23 heavy (non-hydrogen) atoms. The minimum atomic E-state index is -0.670. The average Bonchev–Trinajstić information content (AvgIpc) is 2.55. The van der Waals surface area contributed by atoms with Gasteiger partial charge in [-0.25, -0.2) is 0 Å². The minimum Gasteiger partial charge on any atom is -0.494 e. The standard InChI is InChI=1S/C19H31NO3/c1-3-4-5-6-7-8-9-10-15-23-18-13-11-17(12-14-18)19(20-22)16(2)21/h11-14,19-20,22H,3-10,15H2,1-2H3. The Labute approximate surface area is 140 Å². The number of ketones is 1. The van der Waals surface area contributed by atoms with Gasteiger partial charge in [-0.2, -0.15) is 5.48 Å². The zero-order valence-electron chi connectivity index (χ0n) is 14.5. The summed E-state index contributed by atoms with van der Waals surface area (Å²) in [4.78, 5) is 11.4. The van der Waals surface area contributed by atoms with E-state index in [-0.39, 0.29) is 5.78 Å². The van der Waals surface area contributed by atoms with E-state index < -0.39 is 6.04 Å². The Morgan fingerprint density at radius 3 is 2.13 bits per heavy atom. The number of hydrogen-bond donors (Lipinski definition) is 2. The van der Waals surface area contributed by atoms with Crippen LogP contribution < -0.4 is 10.2 Å². The van der Waals surface area contributed by atoms with Gasteiger partial charge < -0.3 is 9.94 Å². The Morgan fingerprint density at radius 1 is 1.04 bits per heavy atom. The average molecular weight is 321 g/mol. The second-order valence-corrected chi connectivity index (χ2v) is 6.07. The first-order chi connectivity index (χ1) is 11.2. The zero-order chi connectivity index (χ0) is 16.9. The molecule has 0 saturated carbocycles. The molecule has 1 unspecified atom stereocenters. The molecular weight excluding hydrogens is 290 g/mol. The van der Waals surface area contributed by atoms with Crippen molar-refractivity contribution >= 4 is 5.78 Å². The Kier molecular flexibility index (Phi) is 10.3. The Hall–Kier alpha value is -1.39. The highest BCUT2D eigenvalue weighted by Crippen LogP contribution is 2.19. The summed E-state index contributed by atoms with van der Waals surface area (Å²) in [6, 6.07) is 6.62. The summed E-state index contributed by atoms with van der Waals surface area (Å²) in [5, 5.41) is 9.01. The predicted octanol–water partition coefficient (Wildman–Crippen LogP) is 4.82. The van der Waals surface area contributed by atoms with Crippen LogP contribution in [0.25, 0.3) is 0 Å². The molecule has 130 valence electrons. The summed E-state index contributed by atoms with van der Waals surface area (Å²) in [6.07, 6.45) is 10.3. The van der Waals surface area contributed by atoms with Crippen molar-refractivity contribution in [2.75, 3.05) is 6.61 Å². The third kappa shape index (κ3) is 8.14. The fourth-order valence-electron chi connectivity index (χ4n) is 2.58. The number of nitrogens with one attached hydrogen (secondary N) is 1. The molecule has 1 aromatic carbocycles. The van der Waals surface area contributed by atoms with Crippen LogP contribution in [0.3, 0.4) is 0 Å². The number of Topliss-reactive ketones (excluding diaryl/α,β-unsaturated/α-hetero) is 1. The van der Waals surface area contributed by atoms with Gasteiger partial charge in [0, 0.05) is 0 Å². The second-order valence-electron chi connectivity index (χ2n) is 6.07. The third-order valence-corrected chi connectivity index (χ3v) is 4.02. The molecular formula is C19H31NO3. The first-order valence-electron chi connectivity index (χ1n) is 8.82. The lowest BCUT2D eigenvalue weighted by atomic mass is 10.0. The molecule has 0 fully saturated rings. The maximum atomic E-state index is 11.4. The minimum absolute atomic E-state index is 0.125. The van der Waals surface area contributed by atoms with E-state index in [9.17, 15) is 4.79 Å². The van der Waals surface area contributed by atoms with Gasteiger partial charge in [-0.3, -0.25) is 4.79 Å². The Morgan fingerprint density at radius 2 is 1.61 bits per heavy atom. The lowest BCUT2D eigenvalue weighted by Gasteiger charge is -2.13. The number of ether oxygens (including phenoxy) is 1. The quantitative estimate of drug-likeness (QED) is 0.404.